The van der Waals surface area contributed by atoms with Gasteiger partial charge in [0, 0.05) is 29.1 Å². The number of aliphatic imine (C=N–C) groups is 1. The Bertz CT molecular complexity index is 1250. The molecule has 156 valence electrons. The van der Waals surface area contributed by atoms with Gasteiger partial charge in [-0.05, 0) is 43.9 Å². The van der Waals surface area contributed by atoms with Crippen molar-refractivity contribution in [3.63, 3.8) is 0 Å². The number of rotatable bonds is 4. The Morgan fingerprint density at radius 1 is 1.26 bits per heavy atom. The molecule has 1 aliphatic heterocycles. The molecule has 3 aromatic rings. The summed E-state index contributed by atoms with van der Waals surface area (Å²) in [5, 5.41) is 13.0. The fraction of sp³-hybridized carbons (Fsp3) is 0.318. The molecule has 2 atom stereocenters. The lowest BCUT2D eigenvalue weighted by Gasteiger charge is -2.35. The van der Waals surface area contributed by atoms with Gasteiger partial charge < -0.3 is 11.1 Å². The number of pyridine rings is 3. The van der Waals surface area contributed by atoms with Crippen molar-refractivity contribution in [3.8, 4) is 6.07 Å². The smallest absolute Gasteiger partial charge is 0.158 e. The molecule has 4 heterocycles. The number of anilines is 2. The van der Waals surface area contributed by atoms with Gasteiger partial charge in [0.25, 0.3) is 0 Å². The molecule has 3 N–H and O–H groups in total. The standard InChI is InChI=1S/C22H20FN7S/c1-22(14-2-3-14)21(25)29-17(11-31-22)15-7-18(27-10-16(15)23)30-20-19-13(4-5-26-20)6-12(8-24)9-28-19/h4-7,9-10,14,17H,2-3,11H2,1H3,(H2,25,29)(H,26,27,30)/t17-,22-/m0/s1. The first-order valence-electron chi connectivity index (χ1n) is 10.0. The predicted molar refractivity (Wildman–Crippen MR) is 120 cm³/mol. The van der Waals surface area contributed by atoms with Gasteiger partial charge in [-0.3, -0.25) is 9.98 Å². The summed E-state index contributed by atoms with van der Waals surface area (Å²) in [6.45, 7) is 2.14. The second-order valence-electron chi connectivity index (χ2n) is 8.01. The Morgan fingerprint density at radius 2 is 2.10 bits per heavy atom. The molecular formula is C22H20FN7S. The third-order valence-corrected chi connectivity index (χ3v) is 7.54. The van der Waals surface area contributed by atoms with Crippen LogP contribution in [0.5, 0.6) is 0 Å². The summed E-state index contributed by atoms with van der Waals surface area (Å²) in [4.78, 5) is 17.5. The lowest BCUT2D eigenvalue weighted by molar-refractivity contribution is 0.584. The first-order chi connectivity index (χ1) is 15.0. The van der Waals surface area contributed by atoms with Crippen molar-refractivity contribution in [2.75, 3.05) is 11.1 Å². The Labute approximate surface area is 183 Å². The molecule has 0 amide bonds. The van der Waals surface area contributed by atoms with Crippen molar-refractivity contribution < 1.29 is 4.39 Å². The molecule has 7 nitrogen and oxygen atoms in total. The zero-order valence-corrected chi connectivity index (χ0v) is 17.7. The Morgan fingerprint density at radius 3 is 2.84 bits per heavy atom. The molecule has 0 spiro atoms. The maximum Gasteiger partial charge on any atom is 0.158 e. The third kappa shape index (κ3) is 3.57. The van der Waals surface area contributed by atoms with E-state index < -0.39 is 5.82 Å². The van der Waals surface area contributed by atoms with Crippen LogP contribution in [-0.4, -0.2) is 31.3 Å². The average Bonchev–Trinajstić information content (AvgIpc) is 3.63. The van der Waals surface area contributed by atoms with Gasteiger partial charge in [-0.15, -0.1) is 11.8 Å². The summed E-state index contributed by atoms with van der Waals surface area (Å²) in [6.07, 6.45) is 6.65. The van der Waals surface area contributed by atoms with E-state index in [1.165, 1.54) is 25.2 Å². The maximum absolute atomic E-state index is 14.7. The Hall–Kier alpha value is -3.25. The summed E-state index contributed by atoms with van der Waals surface area (Å²) >= 11 is 1.76. The van der Waals surface area contributed by atoms with Gasteiger partial charge in [-0.1, -0.05) is 0 Å². The van der Waals surface area contributed by atoms with Gasteiger partial charge in [0.05, 0.1) is 22.5 Å². The molecule has 0 unspecified atom stereocenters. The lowest BCUT2D eigenvalue weighted by Crippen LogP contribution is -2.43. The average molecular weight is 434 g/mol. The number of aromatic nitrogens is 3. The van der Waals surface area contributed by atoms with Crippen LogP contribution >= 0.6 is 11.8 Å². The highest BCUT2D eigenvalue weighted by Gasteiger charge is 2.47. The van der Waals surface area contributed by atoms with Gasteiger partial charge in [0.2, 0.25) is 0 Å². The minimum Gasteiger partial charge on any atom is -0.386 e. The van der Waals surface area contributed by atoms with Crippen LogP contribution in [-0.2, 0) is 0 Å². The van der Waals surface area contributed by atoms with E-state index in [9.17, 15) is 4.39 Å². The number of amidine groups is 1. The fourth-order valence-electron chi connectivity index (χ4n) is 3.89. The molecule has 1 fully saturated rings. The molecular weight excluding hydrogens is 413 g/mol. The third-order valence-electron chi connectivity index (χ3n) is 5.92. The summed E-state index contributed by atoms with van der Waals surface area (Å²) in [6, 6.07) is 6.89. The minimum absolute atomic E-state index is 0.151. The van der Waals surface area contributed by atoms with E-state index in [4.69, 9.17) is 11.0 Å². The maximum atomic E-state index is 14.7. The summed E-state index contributed by atoms with van der Waals surface area (Å²) in [5.74, 6) is 2.33. The summed E-state index contributed by atoms with van der Waals surface area (Å²) < 4.78 is 14.5. The largest absolute Gasteiger partial charge is 0.386 e. The highest BCUT2D eigenvalue weighted by atomic mass is 32.2. The zero-order chi connectivity index (χ0) is 21.6. The van der Waals surface area contributed by atoms with Crippen LogP contribution in [0.2, 0.25) is 0 Å². The van der Waals surface area contributed by atoms with Crippen molar-refractivity contribution in [2.45, 2.75) is 30.6 Å². The van der Waals surface area contributed by atoms with Crippen molar-refractivity contribution in [2.24, 2.45) is 16.6 Å². The number of nitriles is 1. The van der Waals surface area contributed by atoms with Gasteiger partial charge in [-0.2, -0.15) is 5.26 Å². The number of fused-ring (bicyclic) bond motifs is 1. The molecule has 0 bridgehead atoms. The second kappa shape index (κ2) is 7.46. The van der Waals surface area contributed by atoms with Crippen LogP contribution in [0, 0.1) is 23.1 Å². The zero-order valence-electron chi connectivity index (χ0n) is 16.8. The van der Waals surface area contributed by atoms with Crippen molar-refractivity contribution in [1.82, 2.24) is 15.0 Å². The lowest BCUT2D eigenvalue weighted by atomic mass is 10.0. The number of nitrogens with zero attached hydrogens (tertiary/aromatic N) is 5. The van der Waals surface area contributed by atoms with Crippen LogP contribution in [0.3, 0.4) is 0 Å². The molecule has 3 aromatic heterocycles. The van der Waals surface area contributed by atoms with E-state index in [1.54, 1.807) is 36.2 Å². The number of halogens is 1. The topological polar surface area (TPSA) is 113 Å². The van der Waals surface area contributed by atoms with Crippen molar-refractivity contribution in [3.05, 3.63) is 53.7 Å². The van der Waals surface area contributed by atoms with Crippen LogP contribution in [0.4, 0.5) is 16.0 Å². The first kappa shape index (κ1) is 19.7. The van der Waals surface area contributed by atoms with Crippen molar-refractivity contribution >= 4 is 40.1 Å². The molecule has 0 aromatic carbocycles. The van der Waals surface area contributed by atoms with Crippen molar-refractivity contribution in [1.29, 1.82) is 5.26 Å². The number of thioether (sulfide) groups is 1. The summed E-state index contributed by atoms with van der Waals surface area (Å²) in [5.41, 5.74) is 7.83. The SMILES string of the molecule is C[C@@]1(C2CC2)SC[C@@H](c2cc(Nc3nccc4cc(C#N)cnc34)ncc2F)N=C1N. The van der Waals surface area contributed by atoms with Crippen LogP contribution < -0.4 is 11.1 Å². The number of hydrogen-bond donors (Lipinski definition) is 2. The molecule has 0 radical (unpaired) electrons. The van der Waals surface area contributed by atoms with Crippen LogP contribution in [0.15, 0.2) is 41.8 Å². The normalized spacial score (nSPS) is 23.3. The first-order valence-corrected chi connectivity index (χ1v) is 11.0. The number of nitrogens with one attached hydrogen (secondary N) is 1. The van der Waals surface area contributed by atoms with E-state index >= 15 is 0 Å². The van der Waals surface area contributed by atoms with E-state index in [1.807, 2.05) is 0 Å². The Balaban J connectivity index is 1.46. The minimum atomic E-state index is -0.412. The highest BCUT2D eigenvalue weighted by Crippen LogP contribution is 2.51. The number of hydrogen-bond acceptors (Lipinski definition) is 8. The van der Waals surface area contributed by atoms with Crippen LogP contribution in [0.1, 0.15) is 36.9 Å². The van der Waals surface area contributed by atoms with E-state index in [0.29, 0.717) is 45.8 Å². The summed E-state index contributed by atoms with van der Waals surface area (Å²) in [7, 11) is 0. The molecule has 31 heavy (non-hydrogen) atoms. The van der Waals surface area contributed by atoms with Gasteiger partial charge in [-0.25, -0.2) is 14.4 Å². The van der Waals surface area contributed by atoms with E-state index in [0.717, 1.165) is 5.39 Å². The van der Waals surface area contributed by atoms with Gasteiger partial charge in [0.15, 0.2) is 5.82 Å². The molecule has 1 aliphatic carbocycles. The van der Waals surface area contributed by atoms with E-state index in [2.05, 4.69) is 38.3 Å². The molecule has 0 saturated heterocycles. The van der Waals surface area contributed by atoms with Crippen LogP contribution in [0.25, 0.3) is 10.9 Å². The molecule has 9 heteroatoms. The molecule has 1 saturated carbocycles. The quantitative estimate of drug-likeness (QED) is 0.637. The van der Waals surface area contributed by atoms with Gasteiger partial charge >= 0.3 is 0 Å². The molecule has 5 rings (SSSR count). The monoisotopic (exact) mass is 433 g/mol. The van der Waals surface area contributed by atoms with E-state index in [-0.39, 0.29) is 10.8 Å². The fourth-order valence-corrected chi connectivity index (χ4v) is 5.32. The molecule has 2 aliphatic rings. The predicted octanol–water partition coefficient (Wildman–Crippen LogP) is 4.09. The number of nitrogens with two attached hydrogens (primary N) is 1. The second-order valence-corrected chi connectivity index (χ2v) is 9.48. The Kier molecular flexibility index (Phi) is 4.74. The highest BCUT2D eigenvalue weighted by molar-refractivity contribution is 8.01. The van der Waals surface area contributed by atoms with Gasteiger partial charge in [0.1, 0.15) is 29.1 Å².